The normalized spacial score (nSPS) is 15.8. The maximum Gasteiger partial charge on any atom is 0.338 e. The third-order valence-electron chi connectivity index (χ3n) is 6.27. The first kappa shape index (κ1) is 22.2. The molecule has 32 heavy (non-hydrogen) atoms. The Morgan fingerprint density at radius 1 is 1.09 bits per heavy atom. The van der Waals surface area contributed by atoms with Gasteiger partial charge in [-0.1, -0.05) is 23.8 Å². The average molecular weight is 450 g/mol. The second kappa shape index (κ2) is 9.25. The van der Waals surface area contributed by atoms with Crippen LogP contribution in [-0.4, -0.2) is 26.5 Å². The molecule has 1 aromatic heterocycles. The summed E-state index contributed by atoms with van der Waals surface area (Å²) in [7, 11) is -2.16. The molecule has 1 aliphatic carbocycles. The molecular weight excluding hydrogens is 422 g/mol. The van der Waals surface area contributed by atoms with Gasteiger partial charge in [0.2, 0.25) is 9.84 Å². The molecule has 0 aliphatic heterocycles. The SMILES string of the molecule is COC(=O)c1ccncc1CC[C@@H]1CCCc2cc(S(=O)(=O)c3ccc(C)cc3)ccc21. The van der Waals surface area contributed by atoms with Crippen LogP contribution < -0.4 is 0 Å². The lowest BCUT2D eigenvalue weighted by atomic mass is 9.80. The number of rotatable bonds is 6. The minimum absolute atomic E-state index is 0.320. The van der Waals surface area contributed by atoms with Gasteiger partial charge >= 0.3 is 5.97 Å². The largest absolute Gasteiger partial charge is 0.465 e. The number of sulfone groups is 1. The summed E-state index contributed by atoms with van der Waals surface area (Å²) in [6, 6.07) is 14.2. The van der Waals surface area contributed by atoms with E-state index in [4.69, 9.17) is 4.74 Å². The summed E-state index contributed by atoms with van der Waals surface area (Å²) in [5.74, 6) is -0.0296. The number of esters is 1. The molecule has 0 spiro atoms. The second-order valence-corrected chi connectivity index (χ2v) is 10.3. The van der Waals surface area contributed by atoms with Crippen molar-refractivity contribution in [1.82, 2.24) is 4.98 Å². The molecule has 0 N–H and O–H groups in total. The maximum atomic E-state index is 13.1. The molecule has 0 saturated carbocycles. The van der Waals surface area contributed by atoms with E-state index < -0.39 is 9.84 Å². The van der Waals surface area contributed by atoms with E-state index in [2.05, 4.69) is 4.98 Å². The van der Waals surface area contributed by atoms with Crippen molar-refractivity contribution >= 4 is 15.8 Å². The number of hydrogen-bond acceptors (Lipinski definition) is 5. The summed E-state index contributed by atoms with van der Waals surface area (Å²) in [4.78, 5) is 16.9. The van der Waals surface area contributed by atoms with Gasteiger partial charge in [0, 0.05) is 12.4 Å². The van der Waals surface area contributed by atoms with Gasteiger partial charge in [0.15, 0.2) is 0 Å². The molecule has 0 radical (unpaired) electrons. The Bertz CT molecular complexity index is 1230. The van der Waals surface area contributed by atoms with E-state index in [1.54, 1.807) is 36.7 Å². The van der Waals surface area contributed by atoms with Gasteiger partial charge in [-0.2, -0.15) is 0 Å². The summed E-state index contributed by atoms with van der Waals surface area (Å²) in [5, 5.41) is 0. The van der Waals surface area contributed by atoms with Crippen LogP contribution in [0, 0.1) is 6.92 Å². The molecular formula is C26H27NO4S. The highest BCUT2D eigenvalue weighted by Crippen LogP contribution is 2.37. The lowest BCUT2D eigenvalue weighted by Gasteiger charge is -2.26. The van der Waals surface area contributed by atoms with Crippen LogP contribution in [-0.2, 0) is 27.4 Å². The number of carbonyl (C=O) groups is 1. The smallest absolute Gasteiger partial charge is 0.338 e. The van der Waals surface area contributed by atoms with Gasteiger partial charge in [0.25, 0.3) is 0 Å². The first-order chi connectivity index (χ1) is 15.4. The molecule has 1 atom stereocenters. The van der Waals surface area contributed by atoms with Gasteiger partial charge in [0.05, 0.1) is 22.5 Å². The van der Waals surface area contributed by atoms with Crippen molar-refractivity contribution in [3.8, 4) is 0 Å². The van der Waals surface area contributed by atoms with Crippen molar-refractivity contribution in [2.75, 3.05) is 7.11 Å². The van der Waals surface area contributed by atoms with E-state index in [-0.39, 0.29) is 5.97 Å². The topological polar surface area (TPSA) is 73.3 Å². The summed E-state index contributed by atoms with van der Waals surface area (Å²) in [6.07, 6.45) is 7.85. The summed E-state index contributed by atoms with van der Waals surface area (Å²) in [5.41, 5.74) is 4.78. The van der Waals surface area contributed by atoms with Crippen molar-refractivity contribution in [3.05, 3.63) is 88.7 Å². The molecule has 0 amide bonds. The van der Waals surface area contributed by atoms with E-state index in [0.29, 0.717) is 27.7 Å². The maximum absolute atomic E-state index is 13.1. The van der Waals surface area contributed by atoms with Gasteiger partial charge in [-0.3, -0.25) is 4.98 Å². The zero-order valence-electron chi connectivity index (χ0n) is 18.4. The molecule has 6 heteroatoms. The Kier molecular flexibility index (Phi) is 6.42. The fourth-order valence-electron chi connectivity index (χ4n) is 4.48. The highest BCUT2D eigenvalue weighted by molar-refractivity contribution is 7.91. The van der Waals surface area contributed by atoms with Gasteiger partial charge in [0.1, 0.15) is 0 Å². The quantitative estimate of drug-likeness (QED) is 0.492. The van der Waals surface area contributed by atoms with Crippen molar-refractivity contribution in [2.45, 2.75) is 54.7 Å². The van der Waals surface area contributed by atoms with Crippen LogP contribution in [0.25, 0.3) is 0 Å². The van der Waals surface area contributed by atoms with Crippen LogP contribution in [0.1, 0.15) is 57.8 Å². The highest BCUT2D eigenvalue weighted by atomic mass is 32.2. The number of aryl methyl sites for hydroxylation is 3. The van der Waals surface area contributed by atoms with E-state index in [0.717, 1.165) is 42.4 Å². The van der Waals surface area contributed by atoms with E-state index in [1.165, 1.54) is 12.7 Å². The number of nitrogens with zero attached hydrogens (tertiary/aromatic N) is 1. The van der Waals surface area contributed by atoms with Crippen molar-refractivity contribution in [3.63, 3.8) is 0 Å². The number of aromatic nitrogens is 1. The summed E-state index contributed by atoms with van der Waals surface area (Å²) < 4.78 is 31.1. The second-order valence-electron chi connectivity index (χ2n) is 8.33. The number of carbonyl (C=O) groups excluding carboxylic acids is 1. The first-order valence-electron chi connectivity index (χ1n) is 10.9. The van der Waals surface area contributed by atoms with Crippen molar-refractivity contribution < 1.29 is 17.9 Å². The van der Waals surface area contributed by atoms with Crippen molar-refractivity contribution in [2.24, 2.45) is 0 Å². The Morgan fingerprint density at radius 2 is 1.84 bits per heavy atom. The fraction of sp³-hybridized carbons (Fsp3) is 0.308. The van der Waals surface area contributed by atoms with Crippen LogP contribution in [0.4, 0.5) is 0 Å². The number of hydrogen-bond donors (Lipinski definition) is 0. The summed E-state index contributed by atoms with van der Waals surface area (Å²) >= 11 is 0. The molecule has 0 saturated heterocycles. The van der Waals surface area contributed by atoms with Gasteiger partial charge < -0.3 is 4.74 Å². The molecule has 0 unspecified atom stereocenters. The highest BCUT2D eigenvalue weighted by Gasteiger charge is 2.24. The number of methoxy groups -OCH3 is 1. The van der Waals surface area contributed by atoms with E-state index in [9.17, 15) is 13.2 Å². The molecule has 3 aromatic rings. The number of fused-ring (bicyclic) bond motifs is 1. The lowest BCUT2D eigenvalue weighted by molar-refractivity contribution is 0.0599. The van der Waals surface area contributed by atoms with Crippen molar-refractivity contribution in [1.29, 1.82) is 0 Å². The van der Waals surface area contributed by atoms with Gasteiger partial charge in [-0.15, -0.1) is 0 Å². The van der Waals surface area contributed by atoms with Crippen LogP contribution >= 0.6 is 0 Å². The predicted molar refractivity (Wildman–Crippen MR) is 123 cm³/mol. The number of ether oxygens (including phenoxy) is 1. The number of benzene rings is 2. The predicted octanol–water partition coefficient (Wildman–Crippen LogP) is 5.06. The van der Waals surface area contributed by atoms with Gasteiger partial charge in [-0.25, -0.2) is 13.2 Å². The molecule has 166 valence electrons. The first-order valence-corrected chi connectivity index (χ1v) is 12.3. The van der Waals surface area contributed by atoms with Crippen LogP contribution in [0.5, 0.6) is 0 Å². The Labute approximate surface area is 189 Å². The Balaban J connectivity index is 1.57. The average Bonchev–Trinajstić information content (AvgIpc) is 2.82. The third kappa shape index (κ3) is 4.46. The minimum atomic E-state index is -3.54. The molecule has 1 aliphatic rings. The van der Waals surface area contributed by atoms with Crippen LogP contribution in [0.2, 0.25) is 0 Å². The lowest BCUT2D eigenvalue weighted by Crippen LogP contribution is -2.13. The standard InChI is InChI=1S/C26H27NO4S/c1-18-6-10-22(11-7-18)32(29,30)23-12-13-24-19(4-3-5-20(24)16-23)8-9-21-17-27-15-14-25(21)26(28)31-2/h6-7,10-17,19H,3-5,8-9H2,1-2H3/t19-/m0/s1. The Morgan fingerprint density at radius 3 is 2.59 bits per heavy atom. The van der Waals surface area contributed by atoms with Crippen LogP contribution in [0.3, 0.4) is 0 Å². The molecule has 4 rings (SSSR count). The van der Waals surface area contributed by atoms with Crippen LogP contribution in [0.15, 0.2) is 70.7 Å². The molecule has 1 heterocycles. The molecule has 0 bridgehead atoms. The molecule has 2 aromatic carbocycles. The van der Waals surface area contributed by atoms with Gasteiger partial charge in [-0.05, 0) is 92.0 Å². The monoisotopic (exact) mass is 449 g/mol. The van der Waals surface area contributed by atoms with E-state index in [1.807, 2.05) is 31.2 Å². The summed E-state index contributed by atoms with van der Waals surface area (Å²) in [6.45, 7) is 1.94. The fourth-order valence-corrected chi connectivity index (χ4v) is 5.79. The zero-order chi connectivity index (χ0) is 22.7. The molecule has 0 fully saturated rings. The third-order valence-corrected chi connectivity index (χ3v) is 8.03. The molecule has 5 nitrogen and oxygen atoms in total. The zero-order valence-corrected chi connectivity index (χ0v) is 19.2. The van der Waals surface area contributed by atoms with E-state index >= 15 is 0 Å². The minimum Gasteiger partial charge on any atom is -0.465 e. The Hall–Kier alpha value is -2.99. The number of pyridine rings is 1.